The number of benzene rings is 1. The largest absolute Gasteiger partial charge is 0.513 e. The van der Waals surface area contributed by atoms with Gasteiger partial charge in [0.1, 0.15) is 18.0 Å². The summed E-state index contributed by atoms with van der Waals surface area (Å²) in [6, 6.07) is 14.8. The highest BCUT2D eigenvalue weighted by atomic mass is 32.2. The number of hydrogen-bond donors (Lipinski definition) is 0. The second-order valence-electron chi connectivity index (χ2n) is 4.38. The molecule has 6 heteroatoms. The van der Waals surface area contributed by atoms with Gasteiger partial charge in [0.2, 0.25) is 0 Å². The highest BCUT2D eigenvalue weighted by molar-refractivity contribution is 7.99. The number of para-hydroxylation sites is 1. The third-order valence-electron chi connectivity index (χ3n) is 2.89. The molecule has 0 spiro atoms. The van der Waals surface area contributed by atoms with E-state index in [2.05, 4.69) is 4.98 Å². The van der Waals surface area contributed by atoms with Crippen LogP contribution < -0.4 is 4.74 Å². The Morgan fingerprint density at radius 3 is 2.86 bits per heavy atom. The Hall–Kier alpha value is -2.47. The van der Waals surface area contributed by atoms with Crippen LogP contribution in [0.15, 0.2) is 66.0 Å². The number of carbonyl (C=O) groups is 1. The number of carbonyl (C=O) groups excluding carboxylic acids is 1. The van der Waals surface area contributed by atoms with Gasteiger partial charge in [-0.05, 0) is 24.3 Å². The lowest BCUT2D eigenvalue weighted by Gasteiger charge is -2.07. The molecule has 0 saturated carbocycles. The number of hydrogen-bond acceptors (Lipinski definition) is 5. The van der Waals surface area contributed by atoms with Crippen LogP contribution in [0.4, 0.5) is 4.79 Å². The van der Waals surface area contributed by atoms with E-state index in [-0.39, 0.29) is 6.61 Å². The molecular weight excluding hydrogens is 300 g/mol. The van der Waals surface area contributed by atoms with Crippen LogP contribution in [-0.2, 0) is 4.74 Å². The molecule has 0 atom stereocenters. The zero-order valence-electron chi connectivity index (χ0n) is 11.7. The van der Waals surface area contributed by atoms with E-state index < -0.39 is 6.16 Å². The summed E-state index contributed by atoms with van der Waals surface area (Å²) in [6.45, 7) is 0.279. The van der Waals surface area contributed by atoms with Gasteiger partial charge in [-0.15, -0.1) is 11.8 Å². The Kier molecular flexibility index (Phi) is 4.60. The number of fused-ring (bicyclic) bond motifs is 1. The van der Waals surface area contributed by atoms with Crippen LogP contribution >= 0.6 is 11.8 Å². The molecule has 2 aromatic heterocycles. The fourth-order valence-corrected chi connectivity index (χ4v) is 2.77. The van der Waals surface area contributed by atoms with Gasteiger partial charge in [-0.2, -0.15) is 0 Å². The molecule has 0 aliphatic rings. The predicted octanol–water partition coefficient (Wildman–Crippen LogP) is 3.64. The van der Waals surface area contributed by atoms with E-state index in [1.807, 2.05) is 34.9 Å². The maximum atomic E-state index is 11.5. The van der Waals surface area contributed by atoms with Crippen molar-refractivity contribution in [3.63, 3.8) is 0 Å². The van der Waals surface area contributed by atoms with Crippen LogP contribution in [0.3, 0.4) is 0 Å². The maximum absolute atomic E-state index is 11.5. The number of aromatic nitrogens is 2. The number of imidazole rings is 1. The summed E-state index contributed by atoms with van der Waals surface area (Å²) < 4.78 is 12.1. The minimum atomic E-state index is -0.687. The lowest BCUT2D eigenvalue weighted by molar-refractivity contribution is 0.105. The van der Waals surface area contributed by atoms with Crippen molar-refractivity contribution in [2.75, 3.05) is 12.4 Å². The minimum Gasteiger partial charge on any atom is -0.433 e. The molecule has 3 aromatic rings. The molecule has 0 bridgehead atoms. The topological polar surface area (TPSA) is 52.8 Å². The molecule has 2 heterocycles. The van der Waals surface area contributed by atoms with Crippen LogP contribution in [0.25, 0.3) is 5.65 Å². The number of ether oxygens (including phenoxy) is 2. The van der Waals surface area contributed by atoms with Crippen molar-refractivity contribution in [1.29, 1.82) is 0 Å². The van der Waals surface area contributed by atoms with Gasteiger partial charge < -0.3 is 9.47 Å². The van der Waals surface area contributed by atoms with Crippen molar-refractivity contribution < 1.29 is 14.3 Å². The average molecular weight is 314 g/mol. The van der Waals surface area contributed by atoms with Crippen molar-refractivity contribution in [2.24, 2.45) is 0 Å². The van der Waals surface area contributed by atoms with Crippen LogP contribution in [-0.4, -0.2) is 27.9 Å². The smallest absolute Gasteiger partial charge is 0.433 e. The molecule has 0 unspecified atom stereocenters. The van der Waals surface area contributed by atoms with Gasteiger partial charge in [0.15, 0.2) is 0 Å². The van der Waals surface area contributed by atoms with Gasteiger partial charge in [-0.3, -0.25) is 4.40 Å². The second kappa shape index (κ2) is 7.00. The monoisotopic (exact) mass is 314 g/mol. The molecule has 3 rings (SSSR count). The molecule has 0 radical (unpaired) electrons. The van der Waals surface area contributed by atoms with Crippen LogP contribution in [0.2, 0.25) is 0 Å². The maximum Gasteiger partial charge on any atom is 0.513 e. The summed E-state index contributed by atoms with van der Waals surface area (Å²) in [5.41, 5.74) is 0.898. The first-order valence-corrected chi connectivity index (χ1v) is 7.76. The molecule has 0 fully saturated rings. The summed E-state index contributed by atoms with van der Waals surface area (Å²) in [4.78, 5) is 15.8. The third kappa shape index (κ3) is 3.59. The van der Waals surface area contributed by atoms with Gasteiger partial charge >= 0.3 is 6.16 Å². The van der Waals surface area contributed by atoms with E-state index in [4.69, 9.17) is 9.47 Å². The first-order chi connectivity index (χ1) is 10.8. The Balaban J connectivity index is 1.46. The molecule has 1 aromatic carbocycles. The van der Waals surface area contributed by atoms with E-state index in [9.17, 15) is 4.79 Å². The van der Waals surface area contributed by atoms with E-state index >= 15 is 0 Å². The standard InChI is InChI=1S/C16H14N2O3S/c19-16(21-13-5-2-1-3-6-13)20-11-12-22-15-8-4-7-14-17-9-10-18(14)15/h1-10H,11-12H2. The normalized spacial score (nSPS) is 10.5. The SMILES string of the molecule is O=C(OCCSc1cccc2nccn12)Oc1ccccc1. The van der Waals surface area contributed by atoms with Gasteiger partial charge in [0.05, 0.1) is 5.03 Å². The number of rotatable bonds is 5. The van der Waals surface area contributed by atoms with Gasteiger partial charge in [0, 0.05) is 18.1 Å². The molecule has 0 amide bonds. The Morgan fingerprint density at radius 2 is 2.00 bits per heavy atom. The van der Waals surface area contributed by atoms with Crippen molar-refractivity contribution >= 4 is 23.6 Å². The van der Waals surface area contributed by atoms with Crippen LogP contribution in [0.1, 0.15) is 0 Å². The van der Waals surface area contributed by atoms with E-state index in [1.165, 1.54) is 0 Å². The molecule has 0 N–H and O–H groups in total. The number of pyridine rings is 1. The first-order valence-electron chi connectivity index (χ1n) is 6.77. The molecule has 0 aliphatic heterocycles. The summed E-state index contributed by atoms with van der Waals surface area (Å²) in [5.74, 6) is 1.12. The fourth-order valence-electron chi connectivity index (χ4n) is 1.92. The van der Waals surface area contributed by atoms with E-state index in [1.54, 1.807) is 42.2 Å². The fraction of sp³-hybridized carbons (Fsp3) is 0.125. The lowest BCUT2D eigenvalue weighted by Crippen LogP contribution is -2.12. The quantitative estimate of drug-likeness (QED) is 0.311. The minimum absolute atomic E-state index is 0.279. The molecule has 0 saturated heterocycles. The Bertz CT molecular complexity index is 758. The van der Waals surface area contributed by atoms with E-state index in [0.717, 1.165) is 10.7 Å². The molecule has 22 heavy (non-hydrogen) atoms. The predicted molar refractivity (Wildman–Crippen MR) is 84.3 cm³/mol. The summed E-state index contributed by atoms with van der Waals surface area (Å²) in [5, 5.41) is 1.05. The van der Waals surface area contributed by atoms with E-state index in [0.29, 0.717) is 11.5 Å². The van der Waals surface area contributed by atoms with Gasteiger partial charge in [0.25, 0.3) is 0 Å². The van der Waals surface area contributed by atoms with Crippen molar-refractivity contribution in [3.8, 4) is 5.75 Å². The zero-order valence-corrected chi connectivity index (χ0v) is 12.5. The lowest BCUT2D eigenvalue weighted by atomic mass is 10.3. The van der Waals surface area contributed by atoms with Crippen LogP contribution in [0.5, 0.6) is 5.75 Å². The summed E-state index contributed by atoms with van der Waals surface area (Å²) in [6.07, 6.45) is 2.97. The van der Waals surface area contributed by atoms with Crippen molar-refractivity contribution in [1.82, 2.24) is 9.38 Å². The highest BCUT2D eigenvalue weighted by Gasteiger charge is 2.06. The van der Waals surface area contributed by atoms with Crippen molar-refractivity contribution in [2.45, 2.75) is 5.03 Å². The van der Waals surface area contributed by atoms with Gasteiger partial charge in [-0.25, -0.2) is 9.78 Å². The Morgan fingerprint density at radius 1 is 1.14 bits per heavy atom. The van der Waals surface area contributed by atoms with Crippen molar-refractivity contribution in [3.05, 3.63) is 60.9 Å². The summed E-state index contributed by atoms with van der Waals surface area (Å²) in [7, 11) is 0. The second-order valence-corrected chi connectivity index (χ2v) is 5.50. The highest BCUT2D eigenvalue weighted by Crippen LogP contribution is 2.19. The third-order valence-corrected chi connectivity index (χ3v) is 3.89. The molecule has 112 valence electrons. The molecule has 0 aliphatic carbocycles. The average Bonchev–Trinajstić information content (AvgIpc) is 3.02. The molecular formula is C16H14N2O3S. The zero-order chi connectivity index (χ0) is 15.2. The van der Waals surface area contributed by atoms with Crippen LogP contribution in [0, 0.1) is 0 Å². The first kappa shape index (κ1) is 14.5. The number of thioether (sulfide) groups is 1. The van der Waals surface area contributed by atoms with Gasteiger partial charge in [-0.1, -0.05) is 24.3 Å². The number of nitrogens with zero attached hydrogens (tertiary/aromatic N) is 2. The molecule has 5 nitrogen and oxygen atoms in total. The Labute approximate surface area is 131 Å². The summed E-state index contributed by atoms with van der Waals surface area (Å²) >= 11 is 1.59.